The molecule has 1 heterocycles. The predicted octanol–water partition coefficient (Wildman–Crippen LogP) is 3.18. The lowest BCUT2D eigenvalue weighted by molar-refractivity contribution is -0.146. The van der Waals surface area contributed by atoms with E-state index in [0.29, 0.717) is 12.2 Å². The molecule has 0 saturated carbocycles. The van der Waals surface area contributed by atoms with E-state index < -0.39 is 0 Å². The van der Waals surface area contributed by atoms with Crippen LogP contribution in [0.1, 0.15) is 34.6 Å². The van der Waals surface area contributed by atoms with Crippen molar-refractivity contribution in [1.82, 2.24) is 4.90 Å². The summed E-state index contributed by atoms with van der Waals surface area (Å²) in [5.41, 5.74) is 0.536. The second kappa shape index (κ2) is 5.10. The fourth-order valence-electron chi connectivity index (χ4n) is 2.33. The molecule has 3 nitrogen and oxygen atoms in total. The van der Waals surface area contributed by atoms with Gasteiger partial charge in [-0.15, -0.1) is 18.3 Å². The smallest absolute Gasteiger partial charge is 0.252 e. The van der Waals surface area contributed by atoms with Crippen LogP contribution in [0.5, 0.6) is 0 Å². The van der Waals surface area contributed by atoms with Gasteiger partial charge in [0.2, 0.25) is 0 Å². The number of ether oxygens (including phenoxy) is 1. The molecule has 1 saturated heterocycles. The van der Waals surface area contributed by atoms with E-state index in [-0.39, 0.29) is 21.8 Å². The molecule has 102 valence electrons. The van der Waals surface area contributed by atoms with Crippen LogP contribution in [-0.4, -0.2) is 33.3 Å². The molecule has 0 radical (unpaired) electrons. The molecular formula is C14H23NO2S. The number of carbonyl (C=O) groups is 1. The molecule has 0 aromatic carbocycles. The highest BCUT2D eigenvalue weighted by atomic mass is 32.2. The van der Waals surface area contributed by atoms with Gasteiger partial charge in [-0.2, -0.15) is 0 Å². The van der Waals surface area contributed by atoms with Gasteiger partial charge in [-0.05, 0) is 34.6 Å². The van der Waals surface area contributed by atoms with Crippen molar-refractivity contribution in [2.45, 2.75) is 50.5 Å². The summed E-state index contributed by atoms with van der Waals surface area (Å²) in [5, 5.41) is 0. The van der Waals surface area contributed by atoms with Gasteiger partial charge >= 0.3 is 0 Å². The molecule has 0 spiro atoms. The largest absolute Gasteiger partial charge is 0.353 e. The first-order valence-corrected chi connectivity index (χ1v) is 6.87. The van der Waals surface area contributed by atoms with Crippen LogP contribution >= 0.6 is 11.8 Å². The van der Waals surface area contributed by atoms with Gasteiger partial charge in [-0.25, -0.2) is 0 Å². The van der Waals surface area contributed by atoms with Crippen molar-refractivity contribution in [3.05, 3.63) is 24.8 Å². The third-order valence-corrected chi connectivity index (χ3v) is 4.30. The highest BCUT2D eigenvalue weighted by Gasteiger charge is 2.54. The van der Waals surface area contributed by atoms with Crippen molar-refractivity contribution in [3.63, 3.8) is 0 Å². The van der Waals surface area contributed by atoms with Crippen molar-refractivity contribution < 1.29 is 9.53 Å². The molecule has 0 bridgehead atoms. The lowest BCUT2D eigenvalue weighted by Gasteiger charge is -2.35. The Morgan fingerprint density at radius 3 is 2.44 bits per heavy atom. The normalized spacial score (nSPS) is 24.9. The first-order valence-electron chi connectivity index (χ1n) is 6.05. The van der Waals surface area contributed by atoms with Crippen LogP contribution in [0.3, 0.4) is 0 Å². The SMILES string of the molecule is C=CCOC1N(C(=O)C(=C)C)C(C)(C)SC1(C)C. The van der Waals surface area contributed by atoms with E-state index in [1.165, 1.54) is 0 Å². The summed E-state index contributed by atoms with van der Waals surface area (Å²) in [6.07, 6.45) is 1.44. The molecule has 0 aromatic heterocycles. The van der Waals surface area contributed by atoms with Crippen LogP contribution in [0.2, 0.25) is 0 Å². The van der Waals surface area contributed by atoms with E-state index in [1.54, 1.807) is 29.7 Å². The molecule has 0 N–H and O–H groups in total. The molecule has 1 aliphatic heterocycles. The molecular weight excluding hydrogens is 246 g/mol. The molecule has 0 aromatic rings. The predicted molar refractivity (Wildman–Crippen MR) is 77.3 cm³/mol. The highest BCUT2D eigenvalue weighted by molar-refractivity contribution is 8.02. The Bertz CT molecular complexity index is 374. The molecule has 1 unspecified atom stereocenters. The van der Waals surface area contributed by atoms with Gasteiger partial charge in [0.05, 0.1) is 16.2 Å². The zero-order chi connectivity index (χ0) is 14.1. The average molecular weight is 269 g/mol. The van der Waals surface area contributed by atoms with E-state index in [9.17, 15) is 4.79 Å². The molecule has 18 heavy (non-hydrogen) atoms. The van der Waals surface area contributed by atoms with Crippen LogP contribution in [0.15, 0.2) is 24.8 Å². The minimum Gasteiger partial charge on any atom is -0.353 e. The number of thioether (sulfide) groups is 1. The van der Waals surface area contributed by atoms with Gasteiger partial charge in [0.1, 0.15) is 6.23 Å². The van der Waals surface area contributed by atoms with E-state index in [1.807, 2.05) is 13.8 Å². The number of hydrogen-bond acceptors (Lipinski definition) is 3. The van der Waals surface area contributed by atoms with Crippen LogP contribution in [0.25, 0.3) is 0 Å². The van der Waals surface area contributed by atoms with Gasteiger partial charge in [-0.3, -0.25) is 9.69 Å². The number of carbonyl (C=O) groups excluding carboxylic acids is 1. The Morgan fingerprint density at radius 1 is 1.44 bits per heavy atom. The van der Waals surface area contributed by atoms with Gasteiger partial charge in [0.25, 0.3) is 5.91 Å². The Hall–Kier alpha value is -0.740. The minimum atomic E-state index is -0.300. The Balaban J connectivity index is 3.10. The maximum absolute atomic E-state index is 12.3. The Morgan fingerprint density at radius 2 is 2.00 bits per heavy atom. The topological polar surface area (TPSA) is 29.5 Å². The molecule has 1 aliphatic rings. The van der Waals surface area contributed by atoms with E-state index in [0.717, 1.165) is 0 Å². The van der Waals surface area contributed by atoms with E-state index in [2.05, 4.69) is 27.0 Å². The fourth-order valence-corrected chi connectivity index (χ4v) is 4.17. The minimum absolute atomic E-state index is 0.0489. The number of amides is 1. The van der Waals surface area contributed by atoms with Crippen molar-refractivity contribution in [2.75, 3.05) is 6.61 Å². The average Bonchev–Trinajstić information content (AvgIpc) is 2.38. The summed E-state index contributed by atoms with van der Waals surface area (Å²) >= 11 is 1.74. The van der Waals surface area contributed by atoms with Crippen molar-refractivity contribution in [3.8, 4) is 0 Å². The van der Waals surface area contributed by atoms with E-state index >= 15 is 0 Å². The fraction of sp³-hybridized carbons (Fsp3) is 0.643. The first kappa shape index (κ1) is 15.3. The Kier molecular flexibility index (Phi) is 4.34. The Labute approximate surface area is 114 Å². The van der Waals surface area contributed by atoms with Crippen LogP contribution in [0, 0.1) is 0 Å². The lowest BCUT2D eigenvalue weighted by atomic mass is 10.1. The maximum Gasteiger partial charge on any atom is 0.252 e. The number of rotatable bonds is 4. The molecule has 0 aliphatic carbocycles. The van der Waals surface area contributed by atoms with Crippen molar-refractivity contribution in [2.24, 2.45) is 0 Å². The third-order valence-electron chi connectivity index (χ3n) is 2.88. The third kappa shape index (κ3) is 2.81. The van der Waals surface area contributed by atoms with E-state index in [4.69, 9.17) is 4.74 Å². The van der Waals surface area contributed by atoms with Crippen molar-refractivity contribution in [1.29, 1.82) is 0 Å². The zero-order valence-corrected chi connectivity index (χ0v) is 12.8. The second-order valence-electron chi connectivity index (χ2n) is 5.58. The molecule has 1 amide bonds. The molecule has 1 rings (SSSR count). The summed E-state index contributed by atoms with van der Waals surface area (Å²) in [7, 11) is 0. The van der Waals surface area contributed by atoms with Crippen LogP contribution < -0.4 is 0 Å². The molecule has 4 heteroatoms. The summed E-state index contributed by atoms with van der Waals surface area (Å²) in [6.45, 7) is 17.9. The second-order valence-corrected chi connectivity index (χ2v) is 7.84. The zero-order valence-electron chi connectivity index (χ0n) is 11.9. The molecule has 1 atom stereocenters. The quantitative estimate of drug-likeness (QED) is 0.580. The summed E-state index contributed by atoms with van der Waals surface area (Å²) in [6, 6.07) is 0. The van der Waals surface area contributed by atoms with Crippen LogP contribution in [-0.2, 0) is 9.53 Å². The summed E-state index contributed by atoms with van der Waals surface area (Å²) in [4.78, 5) is 13.8. The standard InChI is InChI=1S/C14H23NO2S/c1-8-9-17-12-13(4,5)18-14(6,7)15(12)11(16)10(2)3/h8,12H,1-2,9H2,3-7H3. The van der Waals surface area contributed by atoms with Crippen LogP contribution in [0.4, 0.5) is 0 Å². The summed E-state index contributed by atoms with van der Waals surface area (Å²) in [5.74, 6) is -0.0489. The maximum atomic E-state index is 12.3. The van der Waals surface area contributed by atoms with Gasteiger partial charge in [0, 0.05) is 5.57 Å². The molecule has 1 fully saturated rings. The highest BCUT2D eigenvalue weighted by Crippen LogP contribution is 2.51. The monoisotopic (exact) mass is 269 g/mol. The lowest BCUT2D eigenvalue weighted by Crippen LogP contribution is -2.50. The van der Waals surface area contributed by atoms with Gasteiger partial charge in [0.15, 0.2) is 0 Å². The first-order chi connectivity index (χ1) is 8.13. The summed E-state index contributed by atoms with van der Waals surface area (Å²) < 4.78 is 5.66. The van der Waals surface area contributed by atoms with Gasteiger partial charge in [-0.1, -0.05) is 12.7 Å². The number of hydrogen-bond donors (Lipinski definition) is 0. The van der Waals surface area contributed by atoms with Crippen molar-refractivity contribution >= 4 is 17.7 Å². The van der Waals surface area contributed by atoms with Gasteiger partial charge < -0.3 is 4.74 Å². The number of nitrogens with zero attached hydrogens (tertiary/aromatic N) is 1.